The molecule has 0 fully saturated rings. The summed E-state index contributed by atoms with van der Waals surface area (Å²) >= 11 is 0. The molecule has 1 N–H and O–H groups in total. The van der Waals surface area contributed by atoms with Crippen LogP contribution in [0.15, 0.2) is 24.3 Å². The second-order valence-electron chi connectivity index (χ2n) is 3.88. The molecule has 1 atom stereocenters. The number of carbonyl (C=O) groups is 1. The van der Waals surface area contributed by atoms with Crippen molar-refractivity contribution in [2.75, 3.05) is 7.11 Å². The summed E-state index contributed by atoms with van der Waals surface area (Å²) in [6.07, 6.45) is 0.869. The van der Waals surface area contributed by atoms with Gasteiger partial charge in [0.15, 0.2) is 0 Å². The van der Waals surface area contributed by atoms with Crippen molar-refractivity contribution >= 4 is 5.91 Å². The van der Waals surface area contributed by atoms with E-state index in [1.165, 1.54) is 0 Å². The van der Waals surface area contributed by atoms with E-state index >= 15 is 0 Å². The van der Waals surface area contributed by atoms with Crippen LogP contribution in [0.5, 0.6) is 5.75 Å². The molecule has 0 aliphatic rings. The van der Waals surface area contributed by atoms with Gasteiger partial charge in [0.05, 0.1) is 7.11 Å². The summed E-state index contributed by atoms with van der Waals surface area (Å²) in [7, 11) is 1.64. The van der Waals surface area contributed by atoms with Gasteiger partial charge in [-0.05, 0) is 24.1 Å². The van der Waals surface area contributed by atoms with Crippen molar-refractivity contribution in [3.63, 3.8) is 0 Å². The average Bonchev–Trinajstić information content (AvgIpc) is 2.35. The minimum atomic E-state index is 0.0817. The first kappa shape index (κ1) is 12.6. The first-order valence-corrected chi connectivity index (χ1v) is 5.58. The maximum atomic E-state index is 11.5. The lowest BCUT2D eigenvalue weighted by atomic mass is 10.1. The van der Waals surface area contributed by atoms with Gasteiger partial charge in [0.25, 0.3) is 0 Å². The van der Waals surface area contributed by atoms with Crippen molar-refractivity contribution in [3.8, 4) is 5.75 Å². The van der Waals surface area contributed by atoms with Crippen LogP contribution in [0, 0.1) is 5.92 Å². The lowest BCUT2D eigenvalue weighted by molar-refractivity contribution is -0.124. The third-order valence-corrected chi connectivity index (χ3v) is 2.69. The lowest BCUT2D eigenvalue weighted by Gasteiger charge is -2.10. The van der Waals surface area contributed by atoms with Crippen molar-refractivity contribution in [2.45, 2.75) is 26.8 Å². The Hall–Kier alpha value is -1.51. The van der Waals surface area contributed by atoms with Gasteiger partial charge in [0.2, 0.25) is 5.91 Å². The maximum Gasteiger partial charge on any atom is 0.223 e. The van der Waals surface area contributed by atoms with Gasteiger partial charge >= 0.3 is 0 Å². The standard InChI is InChI=1S/C13H19NO2/c1-4-10(2)13(15)14-9-11-5-7-12(16-3)8-6-11/h5-8,10H,4,9H2,1-3H3,(H,14,15). The first-order valence-electron chi connectivity index (χ1n) is 5.58. The molecule has 0 radical (unpaired) electrons. The van der Waals surface area contributed by atoms with E-state index in [2.05, 4.69) is 5.32 Å². The van der Waals surface area contributed by atoms with Crippen LogP contribution in [-0.4, -0.2) is 13.0 Å². The molecule has 1 amide bonds. The molecule has 88 valence electrons. The quantitative estimate of drug-likeness (QED) is 0.829. The molecule has 3 heteroatoms. The predicted molar refractivity (Wildman–Crippen MR) is 64.3 cm³/mol. The van der Waals surface area contributed by atoms with Gasteiger partial charge in [-0.25, -0.2) is 0 Å². The molecule has 16 heavy (non-hydrogen) atoms. The number of carbonyl (C=O) groups excluding carboxylic acids is 1. The number of amides is 1. The number of hydrogen-bond donors (Lipinski definition) is 1. The Kier molecular flexibility index (Phi) is 4.83. The molecule has 0 aromatic heterocycles. The van der Waals surface area contributed by atoms with Gasteiger partial charge in [0, 0.05) is 12.5 Å². The molecular weight excluding hydrogens is 202 g/mol. The topological polar surface area (TPSA) is 38.3 Å². The highest BCUT2D eigenvalue weighted by molar-refractivity contribution is 5.78. The number of benzene rings is 1. The smallest absolute Gasteiger partial charge is 0.223 e. The molecule has 1 aromatic rings. The van der Waals surface area contributed by atoms with Crippen LogP contribution in [0.1, 0.15) is 25.8 Å². The zero-order valence-corrected chi connectivity index (χ0v) is 10.1. The van der Waals surface area contributed by atoms with Gasteiger partial charge < -0.3 is 10.1 Å². The van der Waals surface area contributed by atoms with Crippen LogP contribution in [0.2, 0.25) is 0 Å². The maximum absolute atomic E-state index is 11.5. The average molecular weight is 221 g/mol. The van der Waals surface area contributed by atoms with Crippen LogP contribution in [-0.2, 0) is 11.3 Å². The summed E-state index contributed by atoms with van der Waals surface area (Å²) in [4.78, 5) is 11.5. The van der Waals surface area contributed by atoms with E-state index in [4.69, 9.17) is 4.74 Å². The minimum absolute atomic E-state index is 0.0817. The normalized spacial score (nSPS) is 11.9. The number of rotatable bonds is 5. The van der Waals surface area contributed by atoms with E-state index in [1.807, 2.05) is 38.1 Å². The van der Waals surface area contributed by atoms with Gasteiger partial charge in [-0.15, -0.1) is 0 Å². The SMILES string of the molecule is CCC(C)C(=O)NCc1ccc(OC)cc1. The van der Waals surface area contributed by atoms with E-state index in [0.717, 1.165) is 17.7 Å². The third kappa shape index (κ3) is 3.57. The van der Waals surface area contributed by atoms with E-state index in [-0.39, 0.29) is 11.8 Å². The molecule has 0 aliphatic heterocycles. The second kappa shape index (κ2) is 6.16. The molecule has 3 nitrogen and oxygen atoms in total. The molecule has 1 rings (SSSR count). The summed E-state index contributed by atoms with van der Waals surface area (Å²) in [5.41, 5.74) is 1.08. The van der Waals surface area contributed by atoms with Gasteiger partial charge in [-0.1, -0.05) is 26.0 Å². The zero-order chi connectivity index (χ0) is 12.0. The van der Waals surface area contributed by atoms with Crippen LogP contribution in [0.25, 0.3) is 0 Å². The molecule has 0 aliphatic carbocycles. The van der Waals surface area contributed by atoms with Crippen molar-refractivity contribution in [3.05, 3.63) is 29.8 Å². The molecule has 0 saturated carbocycles. The van der Waals surface area contributed by atoms with Crippen molar-refractivity contribution in [1.82, 2.24) is 5.32 Å². The molecular formula is C13H19NO2. The molecule has 0 spiro atoms. The number of nitrogens with one attached hydrogen (secondary N) is 1. The Morgan fingerprint density at radius 1 is 1.38 bits per heavy atom. The number of methoxy groups -OCH3 is 1. The van der Waals surface area contributed by atoms with E-state index < -0.39 is 0 Å². The minimum Gasteiger partial charge on any atom is -0.497 e. The Bertz CT molecular complexity index is 332. The molecule has 1 aromatic carbocycles. The largest absolute Gasteiger partial charge is 0.497 e. The fourth-order valence-electron chi connectivity index (χ4n) is 1.29. The van der Waals surface area contributed by atoms with Crippen LogP contribution < -0.4 is 10.1 Å². The number of ether oxygens (including phenoxy) is 1. The summed E-state index contributed by atoms with van der Waals surface area (Å²) < 4.78 is 5.06. The Balaban J connectivity index is 2.45. The lowest BCUT2D eigenvalue weighted by Crippen LogP contribution is -2.28. The molecule has 1 unspecified atom stereocenters. The predicted octanol–water partition coefficient (Wildman–Crippen LogP) is 2.36. The van der Waals surface area contributed by atoms with Gasteiger partial charge in [-0.3, -0.25) is 4.79 Å². The van der Waals surface area contributed by atoms with Gasteiger partial charge in [-0.2, -0.15) is 0 Å². The summed E-state index contributed by atoms with van der Waals surface area (Å²) in [6, 6.07) is 7.70. The highest BCUT2D eigenvalue weighted by Crippen LogP contribution is 2.11. The van der Waals surface area contributed by atoms with E-state index in [9.17, 15) is 4.79 Å². The number of hydrogen-bond acceptors (Lipinski definition) is 2. The van der Waals surface area contributed by atoms with E-state index in [0.29, 0.717) is 6.54 Å². The molecule has 0 saturated heterocycles. The Morgan fingerprint density at radius 2 is 2.00 bits per heavy atom. The first-order chi connectivity index (χ1) is 7.67. The zero-order valence-electron chi connectivity index (χ0n) is 10.1. The summed E-state index contributed by atoms with van der Waals surface area (Å²) in [5, 5.41) is 2.91. The van der Waals surface area contributed by atoms with Crippen LogP contribution >= 0.6 is 0 Å². The summed E-state index contributed by atoms with van der Waals surface area (Å²) in [6.45, 7) is 4.52. The molecule has 0 bridgehead atoms. The Morgan fingerprint density at radius 3 is 2.50 bits per heavy atom. The van der Waals surface area contributed by atoms with Crippen molar-refractivity contribution in [2.24, 2.45) is 5.92 Å². The van der Waals surface area contributed by atoms with Crippen molar-refractivity contribution in [1.29, 1.82) is 0 Å². The molecule has 0 heterocycles. The second-order valence-corrected chi connectivity index (χ2v) is 3.88. The van der Waals surface area contributed by atoms with Crippen molar-refractivity contribution < 1.29 is 9.53 Å². The summed E-state index contributed by atoms with van der Waals surface area (Å²) in [5.74, 6) is 1.02. The fourth-order valence-corrected chi connectivity index (χ4v) is 1.29. The third-order valence-electron chi connectivity index (χ3n) is 2.69. The Labute approximate surface area is 96.8 Å². The highest BCUT2D eigenvalue weighted by Gasteiger charge is 2.09. The van der Waals surface area contributed by atoms with Gasteiger partial charge in [0.1, 0.15) is 5.75 Å². The van der Waals surface area contributed by atoms with Crippen LogP contribution in [0.3, 0.4) is 0 Å². The monoisotopic (exact) mass is 221 g/mol. The fraction of sp³-hybridized carbons (Fsp3) is 0.462. The highest BCUT2D eigenvalue weighted by atomic mass is 16.5. The van der Waals surface area contributed by atoms with E-state index in [1.54, 1.807) is 7.11 Å². The van der Waals surface area contributed by atoms with Crippen LogP contribution in [0.4, 0.5) is 0 Å².